The summed E-state index contributed by atoms with van der Waals surface area (Å²) in [5.41, 5.74) is 0. The molecule has 104 valence electrons. The molecule has 0 aromatic heterocycles. The Kier molecular flexibility index (Phi) is 5.09. The zero-order valence-corrected chi connectivity index (χ0v) is 11.1. The van der Waals surface area contributed by atoms with Crippen molar-refractivity contribution in [2.24, 2.45) is 0 Å². The van der Waals surface area contributed by atoms with Gasteiger partial charge in [-0.05, 0) is 12.8 Å². The Morgan fingerprint density at radius 3 is 2.28 bits per heavy atom. The van der Waals surface area contributed by atoms with Crippen LogP contribution in [-0.4, -0.2) is 55.1 Å². The summed E-state index contributed by atoms with van der Waals surface area (Å²) in [6.07, 6.45) is 2.06. The summed E-state index contributed by atoms with van der Waals surface area (Å²) in [5.74, 6) is -1.30. The van der Waals surface area contributed by atoms with E-state index in [2.05, 4.69) is 5.32 Å². The standard InChI is InChI=1S/C10H18N2O5S/c1-18(16,17)12-6-4-8(5-7-12)11-9(13)2-3-10(14)15/h8H,2-7H2,1H3,(H,11,13)(H,14,15). The highest BCUT2D eigenvalue weighted by Gasteiger charge is 2.25. The molecule has 7 nitrogen and oxygen atoms in total. The average Bonchev–Trinajstić information content (AvgIpc) is 2.26. The number of hydrogen-bond acceptors (Lipinski definition) is 4. The van der Waals surface area contributed by atoms with E-state index in [9.17, 15) is 18.0 Å². The van der Waals surface area contributed by atoms with Crippen molar-refractivity contribution in [3.63, 3.8) is 0 Å². The normalized spacial score (nSPS) is 18.5. The van der Waals surface area contributed by atoms with Crippen molar-refractivity contribution in [2.75, 3.05) is 19.3 Å². The SMILES string of the molecule is CS(=O)(=O)N1CCC(NC(=O)CCC(=O)O)CC1. The highest BCUT2D eigenvalue weighted by molar-refractivity contribution is 7.88. The number of piperidine rings is 1. The minimum absolute atomic E-state index is 0.0401. The third-order valence-corrected chi connectivity index (χ3v) is 4.16. The summed E-state index contributed by atoms with van der Waals surface area (Å²) in [6.45, 7) is 0.783. The number of aliphatic carboxylic acids is 1. The first-order chi connectivity index (χ1) is 8.29. The molecular formula is C10H18N2O5S. The minimum Gasteiger partial charge on any atom is -0.481 e. The highest BCUT2D eigenvalue weighted by atomic mass is 32.2. The fourth-order valence-electron chi connectivity index (χ4n) is 1.85. The maximum atomic E-state index is 11.4. The first-order valence-corrected chi connectivity index (χ1v) is 7.60. The molecule has 0 aliphatic carbocycles. The Labute approximate surface area is 106 Å². The Bertz CT molecular complexity index is 412. The van der Waals surface area contributed by atoms with Gasteiger partial charge in [0.2, 0.25) is 15.9 Å². The molecule has 1 amide bonds. The first kappa shape index (κ1) is 14.9. The summed E-state index contributed by atoms with van der Waals surface area (Å²) in [6, 6.07) is -0.0655. The van der Waals surface area contributed by atoms with E-state index in [4.69, 9.17) is 5.11 Å². The van der Waals surface area contributed by atoms with Gasteiger partial charge in [-0.15, -0.1) is 0 Å². The Hall–Kier alpha value is -1.15. The van der Waals surface area contributed by atoms with Crippen molar-refractivity contribution in [1.29, 1.82) is 0 Å². The van der Waals surface area contributed by atoms with Crippen LogP contribution < -0.4 is 5.32 Å². The van der Waals surface area contributed by atoms with Crippen LogP contribution in [0.25, 0.3) is 0 Å². The number of nitrogens with one attached hydrogen (secondary N) is 1. The molecule has 8 heteroatoms. The monoisotopic (exact) mass is 278 g/mol. The van der Waals surface area contributed by atoms with E-state index in [1.165, 1.54) is 10.6 Å². The molecule has 0 aromatic carbocycles. The summed E-state index contributed by atoms with van der Waals surface area (Å²) >= 11 is 0. The van der Waals surface area contributed by atoms with Crippen LogP contribution in [0.3, 0.4) is 0 Å². The second-order valence-corrected chi connectivity index (χ2v) is 6.38. The number of nitrogens with zero attached hydrogens (tertiary/aromatic N) is 1. The molecule has 0 bridgehead atoms. The molecule has 0 spiro atoms. The molecule has 1 rings (SSSR count). The van der Waals surface area contributed by atoms with E-state index in [1.807, 2.05) is 0 Å². The van der Waals surface area contributed by atoms with Crippen LogP contribution in [-0.2, 0) is 19.6 Å². The molecule has 1 aliphatic rings. The minimum atomic E-state index is -3.16. The zero-order chi connectivity index (χ0) is 13.8. The van der Waals surface area contributed by atoms with Crippen molar-refractivity contribution < 1.29 is 23.1 Å². The van der Waals surface area contributed by atoms with Crippen molar-refractivity contribution >= 4 is 21.9 Å². The van der Waals surface area contributed by atoms with Gasteiger partial charge in [-0.3, -0.25) is 9.59 Å². The van der Waals surface area contributed by atoms with E-state index in [-0.39, 0.29) is 24.8 Å². The van der Waals surface area contributed by atoms with E-state index in [0.717, 1.165) is 0 Å². The number of rotatable bonds is 5. The van der Waals surface area contributed by atoms with E-state index in [1.54, 1.807) is 0 Å². The topological polar surface area (TPSA) is 104 Å². The summed E-state index contributed by atoms with van der Waals surface area (Å²) in [5, 5.41) is 11.2. The van der Waals surface area contributed by atoms with E-state index in [0.29, 0.717) is 25.9 Å². The molecule has 0 atom stereocenters. The molecule has 0 saturated carbocycles. The lowest BCUT2D eigenvalue weighted by Gasteiger charge is -2.30. The molecule has 2 N–H and O–H groups in total. The first-order valence-electron chi connectivity index (χ1n) is 5.75. The highest BCUT2D eigenvalue weighted by Crippen LogP contribution is 2.13. The fourth-order valence-corrected chi connectivity index (χ4v) is 2.73. The molecular weight excluding hydrogens is 260 g/mol. The maximum Gasteiger partial charge on any atom is 0.303 e. The van der Waals surface area contributed by atoms with Gasteiger partial charge in [0.25, 0.3) is 0 Å². The van der Waals surface area contributed by atoms with Gasteiger partial charge < -0.3 is 10.4 Å². The van der Waals surface area contributed by atoms with Crippen molar-refractivity contribution in [3.05, 3.63) is 0 Å². The van der Waals surface area contributed by atoms with E-state index < -0.39 is 16.0 Å². The lowest BCUT2D eigenvalue weighted by Crippen LogP contribution is -2.46. The second-order valence-electron chi connectivity index (χ2n) is 4.40. The van der Waals surface area contributed by atoms with Crippen molar-refractivity contribution in [3.8, 4) is 0 Å². The van der Waals surface area contributed by atoms with Gasteiger partial charge >= 0.3 is 5.97 Å². The number of hydrogen-bond donors (Lipinski definition) is 2. The molecule has 0 unspecified atom stereocenters. The van der Waals surface area contributed by atoms with Crippen LogP contribution in [0.2, 0.25) is 0 Å². The molecule has 18 heavy (non-hydrogen) atoms. The third-order valence-electron chi connectivity index (χ3n) is 2.85. The summed E-state index contributed by atoms with van der Waals surface area (Å²) < 4.78 is 23.9. The number of carbonyl (C=O) groups excluding carboxylic acids is 1. The van der Waals surface area contributed by atoms with Crippen LogP contribution in [0.5, 0.6) is 0 Å². The average molecular weight is 278 g/mol. The van der Waals surface area contributed by atoms with E-state index >= 15 is 0 Å². The molecule has 1 saturated heterocycles. The number of amides is 1. The molecule has 0 aromatic rings. The number of carboxylic acid groups (broad SMARTS) is 1. The van der Waals surface area contributed by atoms with Crippen LogP contribution in [0.4, 0.5) is 0 Å². The van der Waals surface area contributed by atoms with Gasteiger partial charge in [-0.1, -0.05) is 0 Å². The second kappa shape index (κ2) is 6.14. The Morgan fingerprint density at radius 2 is 1.83 bits per heavy atom. The zero-order valence-electron chi connectivity index (χ0n) is 10.3. The number of carbonyl (C=O) groups is 2. The lowest BCUT2D eigenvalue weighted by molar-refractivity contribution is -0.139. The third kappa shape index (κ3) is 5.01. The quantitative estimate of drug-likeness (QED) is 0.698. The lowest BCUT2D eigenvalue weighted by atomic mass is 10.1. The summed E-state index contributed by atoms with van der Waals surface area (Å²) in [4.78, 5) is 21.7. The molecule has 0 radical (unpaired) electrons. The number of carboxylic acids is 1. The van der Waals surface area contributed by atoms with Crippen molar-refractivity contribution in [2.45, 2.75) is 31.7 Å². The van der Waals surface area contributed by atoms with Crippen LogP contribution in [0.15, 0.2) is 0 Å². The predicted octanol–water partition coefficient (Wildman–Crippen LogP) is -0.609. The summed E-state index contributed by atoms with van der Waals surface area (Å²) in [7, 11) is -3.16. The van der Waals surface area contributed by atoms with Gasteiger partial charge in [-0.2, -0.15) is 0 Å². The smallest absolute Gasteiger partial charge is 0.303 e. The Balaban J connectivity index is 2.31. The molecule has 1 aliphatic heterocycles. The van der Waals surface area contributed by atoms with Gasteiger partial charge in [-0.25, -0.2) is 12.7 Å². The fraction of sp³-hybridized carbons (Fsp3) is 0.800. The van der Waals surface area contributed by atoms with Gasteiger partial charge in [0, 0.05) is 25.6 Å². The van der Waals surface area contributed by atoms with Crippen LogP contribution in [0, 0.1) is 0 Å². The molecule has 1 heterocycles. The van der Waals surface area contributed by atoms with Crippen LogP contribution in [0.1, 0.15) is 25.7 Å². The largest absolute Gasteiger partial charge is 0.481 e. The Morgan fingerprint density at radius 1 is 1.28 bits per heavy atom. The van der Waals surface area contributed by atoms with Crippen LogP contribution >= 0.6 is 0 Å². The molecule has 1 fully saturated rings. The number of sulfonamides is 1. The van der Waals surface area contributed by atoms with Crippen molar-refractivity contribution in [1.82, 2.24) is 9.62 Å². The predicted molar refractivity (Wildman–Crippen MR) is 64.5 cm³/mol. The van der Waals surface area contributed by atoms with Gasteiger partial charge in [0.05, 0.1) is 12.7 Å². The van der Waals surface area contributed by atoms with Gasteiger partial charge in [0.1, 0.15) is 0 Å². The maximum absolute atomic E-state index is 11.4. The van der Waals surface area contributed by atoms with Gasteiger partial charge in [0.15, 0.2) is 0 Å².